The quantitative estimate of drug-likeness (QED) is 0.438. The topological polar surface area (TPSA) is 95.6 Å². The minimum Gasteiger partial charge on any atom is -0.269 e. The van der Waals surface area contributed by atoms with E-state index in [4.69, 9.17) is 5.26 Å². The van der Waals surface area contributed by atoms with E-state index >= 15 is 0 Å². The molecule has 76 valence electrons. The van der Waals surface area contributed by atoms with Gasteiger partial charge in [-0.25, -0.2) is 0 Å². The first kappa shape index (κ1) is 9.69. The summed E-state index contributed by atoms with van der Waals surface area (Å²) in [5, 5.41) is 26.0. The number of aromatic nitrogens is 2. The molecule has 1 heterocycles. The fraction of sp³-hybridized carbons (Fsp3) is 0. The van der Waals surface area contributed by atoms with Gasteiger partial charge in [-0.3, -0.25) is 15.2 Å². The lowest BCUT2D eigenvalue weighted by molar-refractivity contribution is -0.384. The second-order valence-corrected chi connectivity index (χ2v) is 2.92. The molecule has 0 spiro atoms. The van der Waals surface area contributed by atoms with Crippen molar-refractivity contribution in [1.82, 2.24) is 10.2 Å². The summed E-state index contributed by atoms with van der Waals surface area (Å²) in [4.78, 5) is 10.1. The van der Waals surface area contributed by atoms with Gasteiger partial charge in [0.2, 0.25) is 0 Å². The molecule has 0 bridgehead atoms. The monoisotopic (exact) mass is 212 g/mol. The van der Waals surface area contributed by atoms with Crippen LogP contribution in [0.3, 0.4) is 0 Å². The number of benzene rings is 1. The van der Waals surface area contributed by atoms with Crippen molar-refractivity contribution in [3.8, 4) is 17.9 Å². The molecular weight excluding hydrogens is 208 g/mol. The van der Waals surface area contributed by atoms with E-state index < -0.39 is 4.92 Å². The lowest BCUT2D eigenvalue weighted by atomic mass is 10.2. The Morgan fingerprint density at radius 2 is 2.31 bits per heavy atom. The number of hydrogen-bond acceptors (Lipinski definition) is 4. The Balaban J connectivity index is 2.65. The summed E-state index contributed by atoms with van der Waals surface area (Å²) >= 11 is 0. The Bertz CT molecular complexity index is 669. The third kappa shape index (κ3) is 1.56. The molecule has 0 saturated heterocycles. The molecule has 0 unspecified atom stereocenters. The summed E-state index contributed by atoms with van der Waals surface area (Å²) in [6, 6.07) is 5.94. The van der Waals surface area contributed by atoms with Gasteiger partial charge < -0.3 is 0 Å². The zero-order chi connectivity index (χ0) is 11.5. The zero-order valence-corrected chi connectivity index (χ0v) is 7.89. The lowest BCUT2D eigenvalue weighted by Crippen LogP contribution is -1.86. The van der Waals surface area contributed by atoms with Crippen LogP contribution in [0.4, 0.5) is 5.69 Å². The standard InChI is InChI=1S/C10H4N4O2/c11-5-1-2-9-8-6-7(14(15)16)3-4-10(8)13-12-9/h3-4,6H,(H,12,13). The minimum absolute atomic E-state index is 0.0334. The Labute approximate surface area is 89.6 Å². The molecule has 1 aromatic heterocycles. The molecule has 0 saturated carbocycles. The van der Waals surface area contributed by atoms with Gasteiger partial charge in [0, 0.05) is 23.4 Å². The molecular formula is C10H4N4O2. The summed E-state index contributed by atoms with van der Waals surface area (Å²) in [6.07, 6.45) is 0. The van der Waals surface area contributed by atoms with E-state index in [0.29, 0.717) is 16.6 Å². The van der Waals surface area contributed by atoms with Crippen LogP contribution >= 0.6 is 0 Å². The second-order valence-electron chi connectivity index (χ2n) is 2.92. The Hall–Kier alpha value is -2.86. The molecule has 0 aliphatic carbocycles. The van der Waals surface area contributed by atoms with Gasteiger partial charge in [-0.2, -0.15) is 10.4 Å². The number of non-ortho nitro benzene ring substituents is 1. The average Bonchev–Trinajstić information content (AvgIpc) is 2.68. The first-order valence-corrected chi connectivity index (χ1v) is 4.25. The normalized spacial score (nSPS) is 9.19. The number of nitriles is 1. The van der Waals surface area contributed by atoms with E-state index in [-0.39, 0.29) is 5.69 Å². The molecule has 0 radical (unpaired) electrons. The van der Waals surface area contributed by atoms with Gasteiger partial charge in [0.15, 0.2) is 6.07 Å². The highest BCUT2D eigenvalue weighted by atomic mass is 16.6. The second kappa shape index (κ2) is 3.71. The van der Waals surface area contributed by atoms with Crippen molar-refractivity contribution in [1.29, 1.82) is 5.26 Å². The van der Waals surface area contributed by atoms with Crippen LogP contribution in [0.2, 0.25) is 0 Å². The van der Waals surface area contributed by atoms with Crippen LogP contribution < -0.4 is 0 Å². The summed E-state index contributed by atoms with van der Waals surface area (Å²) in [7, 11) is 0. The Kier molecular flexibility index (Phi) is 2.25. The van der Waals surface area contributed by atoms with Crippen LogP contribution in [-0.2, 0) is 0 Å². The molecule has 0 aliphatic rings. The highest BCUT2D eigenvalue weighted by Gasteiger charge is 2.10. The number of nitrogens with zero attached hydrogens (tertiary/aromatic N) is 3. The highest BCUT2D eigenvalue weighted by molar-refractivity contribution is 5.86. The number of aromatic amines is 1. The third-order valence-corrected chi connectivity index (χ3v) is 1.99. The summed E-state index contributed by atoms with van der Waals surface area (Å²) in [6.45, 7) is 0. The van der Waals surface area contributed by atoms with E-state index in [9.17, 15) is 10.1 Å². The average molecular weight is 212 g/mol. The van der Waals surface area contributed by atoms with Crippen LogP contribution in [0.15, 0.2) is 18.2 Å². The van der Waals surface area contributed by atoms with E-state index in [1.807, 2.05) is 0 Å². The molecule has 6 heteroatoms. The van der Waals surface area contributed by atoms with Crippen LogP contribution in [0.25, 0.3) is 10.9 Å². The molecule has 1 aromatic carbocycles. The predicted octanol–water partition coefficient (Wildman–Crippen LogP) is 1.35. The smallest absolute Gasteiger partial charge is 0.269 e. The number of nitrogens with one attached hydrogen (secondary N) is 1. The maximum atomic E-state index is 10.6. The maximum Gasteiger partial charge on any atom is 0.270 e. The number of nitro groups is 1. The third-order valence-electron chi connectivity index (χ3n) is 1.99. The first-order chi connectivity index (χ1) is 7.72. The van der Waals surface area contributed by atoms with E-state index in [1.165, 1.54) is 18.2 Å². The molecule has 0 aliphatic heterocycles. The molecule has 0 atom stereocenters. The molecule has 6 nitrogen and oxygen atoms in total. The zero-order valence-electron chi connectivity index (χ0n) is 7.89. The van der Waals surface area contributed by atoms with Gasteiger partial charge >= 0.3 is 0 Å². The van der Waals surface area contributed by atoms with Crippen molar-refractivity contribution in [2.24, 2.45) is 0 Å². The van der Waals surface area contributed by atoms with E-state index in [0.717, 1.165) is 0 Å². The lowest BCUT2D eigenvalue weighted by Gasteiger charge is -1.90. The van der Waals surface area contributed by atoms with Crippen LogP contribution in [0.5, 0.6) is 0 Å². The Morgan fingerprint density at radius 3 is 3.00 bits per heavy atom. The molecule has 2 aromatic rings. The fourth-order valence-corrected chi connectivity index (χ4v) is 1.30. The van der Waals surface area contributed by atoms with Crippen molar-refractivity contribution >= 4 is 16.6 Å². The van der Waals surface area contributed by atoms with Gasteiger partial charge in [-0.1, -0.05) is 0 Å². The first-order valence-electron chi connectivity index (χ1n) is 4.25. The molecule has 2 rings (SSSR count). The molecule has 16 heavy (non-hydrogen) atoms. The van der Waals surface area contributed by atoms with Crippen molar-refractivity contribution in [2.45, 2.75) is 0 Å². The van der Waals surface area contributed by atoms with Crippen molar-refractivity contribution < 1.29 is 4.92 Å². The summed E-state index contributed by atoms with van der Waals surface area (Å²) in [5.74, 6) is 4.74. The number of nitro benzene ring substituents is 1. The highest BCUT2D eigenvalue weighted by Crippen LogP contribution is 2.21. The summed E-state index contributed by atoms with van der Waals surface area (Å²) in [5.41, 5.74) is 0.946. The number of hydrogen-bond donors (Lipinski definition) is 1. The largest absolute Gasteiger partial charge is 0.270 e. The van der Waals surface area contributed by atoms with E-state index in [1.54, 1.807) is 6.07 Å². The van der Waals surface area contributed by atoms with Crippen molar-refractivity contribution in [3.63, 3.8) is 0 Å². The summed E-state index contributed by atoms with van der Waals surface area (Å²) < 4.78 is 0. The van der Waals surface area contributed by atoms with Crippen molar-refractivity contribution in [3.05, 3.63) is 34.0 Å². The molecule has 0 fully saturated rings. The van der Waals surface area contributed by atoms with Gasteiger partial charge in [-0.15, -0.1) is 0 Å². The minimum atomic E-state index is -0.492. The van der Waals surface area contributed by atoms with Gasteiger partial charge in [0.1, 0.15) is 5.69 Å². The number of H-pyrrole nitrogens is 1. The SMILES string of the molecule is N#CC#Cc1[nH]nc2ccc([N+](=O)[O-])cc12. The molecule has 0 amide bonds. The molecule has 1 N–H and O–H groups in total. The number of fused-ring (bicyclic) bond motifs is 1. The Morgan fingerprint density at radius 1 is 1.50 bits per heavy atom. The van der Waals surface area contributed by atoms with Crippen LogP contribution in [0.1, 0.15) is 5.69 Å². The van der Waals surface area contributed by atoms with Crippen molar-refractivity contribution in [2.75, 3.05) is 0 Å². The van der Waals surface area contributed by atoms with Gasteiger partial charge in [0.25, 0.3) is 5.69 Å². The van der Waals surface area contributed by atoms with Gasteiger partial charge in [-0.05, 0) is 12.0 Å². The van der Waals surface area contributed by atoms with Gasteiger partial charge in [0.05, 0.1) is 10.4 Å². The fourth-order valence-electron chi connectivity index (χ4n) is 1.30. The van der Waals surface area contributed by atoms with Crippen LogP contribution in [0, 0.1) is 33.3 Å². The van der Waals surface area contributed by atoms with E-state index in [2.05, 4.69) is 22.0 Å². The predicted molar refractivity (Wildman–Crippen MR) is 55.2 cm³/mol. The van der Waals surface area contributed by atoms with Crippen LogP contribution in [-0.4, -0.2) is 15.1 Å². The maximum absolute atomic E-state index is 10.6. The number of rotatable bonds is 1.